The van der Waals surface area contributed by atoms with Crippen molar-refractivity contribution in [3.05, 3.63) is 23.9 Å². The number of aliphatic hydroxyl groups is 1. The van der Waals surface area contributed by atoms with Gasteiger partial charge in [0.1, 0.15) is 5.82 Å². The van der Waals surface area contributed by atoms with Gasteiger partial charge in [-0.3, -0.25) is 9.69 Å². The first-order valence-corrected chi connectivity index (χ1v) is 8.47. The van der Waals surface area contributed by atoms with Gasteiger partial charge in [0.2, 0.25) is 0 Å². The van der Waals surface area contributed by atoms with Crippen molar-refractivity contribution in [3.8, 4) is 0 Å². The number of β-amino-alcohol motifs (C(OH)–C–C–N with tert-alkyl or cyclic N) is 1. The second-order valence-electron chi connectivity index (χ2n) is 6.72. The Morgan fingerprint density at radius 3 is 2.52 bits per heavy atom. The van der Waals surface area contributed by atoms with Gasteiger partial charge >= 0.3 is 0 Å². The molecule has 0 unspecified atom stereocenters. The SMILES string of the molecule is C[C@@H]1CN(C(=O)c2ccc(NC3CC3)nc2)C[C@H](C)N1CCO. The Morgan fingerprint density at radius 1 is 1.30 bits per heavy atom. The molecule has 0 aromatic carbocycles. The Hall–Kier alpha value is -1.66. The van der Waals surface area contributed by atoms with Gasteiger partial charge in [-0.15, -0.1) is 0 Å². The molecule has 1 amide bonds. The summed E-state index contributed by atoms with van der Waals surface area (Å²) >= 11 is 0. The molecule has 126 valence electrons. The molecule has 3 rings (SSSR count). The molecule has 1 aliphatic carbocycles. The smallest absolute Gasteiger partial charge is 0.255 e. The quantitative estimate of drug-likeness (QED) is 0.853. The molecule has 1 saturated heterocycles. The van der Waals surface area contributed by atoms with Crippen molar-refractivity contribution < 1.29 is 9.90 Å². The van der Waals surface area contributed by atoms with Crippen LogP contribution in [0.25, 0.3) is 0 Å². The highest BCUT2D eigenvalue weighted by atomic mass is 16.3. The Morgan fingerprint density at radius 2 is 2.00 bits per heavy atom. The zero-order valence-electron chi connectivity index (χ0n) is 13.9. The van der Waals surface area contributed by atoms with Gasteiger partial charge in [0.15, 0.2) is 0 Å². The van der Waals surface area contributed by atoms with Crippen LogP contribution in [0.15, 0.2) is 18.3 Å². The fourth-order valence-corrected chi connectivity index (χ4v) is 3.30. The van der Waals surface area contributed by atoms with E-state index in [0.717, 1.165) is 5.82 Å². The van der Waals surface area contributed by atoms with Gasteiger partial charge in [0.25, 0.3) is 5.91 Å². The minimum absolute atomic E-state index is 0.0396. The van der Waals surface area contributed by atoms with E-state index in [0.29, 0.717) is 31.2 Å². The van der Waals surface area contributed by atoms with E-state index < -0.39 is 0 Å². The summed E-state index contributed by atoms with van der Waals surface area (Å²) in [6, 6.07) is 4.80. The highest BCUT2D eigenvalue weighted by Crippen LogP contribution is 2.24. The topological polar surface area (TPSA) is 68.7 Å². The molecule has 2 heterocycles. The Labute approximate surface area is 137 Å². The maximum absolute atomic E-state index is 12.7. The van der Waals surface area contributed by atoms with Crippen molar-refractivity contribution in [2.45, 2.75) is 44.8 Å². The number of aliphatic hydroxyl groups excluding tert-OH is 1. The van der Waals surface area contributed by atoms with E-state index in [2.05, 4.69) is 29.0 Å². The van der Waals surface area contributed by atoms with Crippen molar-refractivity contribution in [2.24, 2.45) is 0 Å². The van der Waals surface area contributed by atoms with Crippen LogP contribution in [-0.4, -0.2) is 70.2 Å². The van der Waals surface area contributed by atoms with Gasteiger partial charge in [-0.25, -0.2) is 4.98 Å². The van der Waals surface area contributed by atoms with Gasteiger partial charge in [-0.1, -0.05) is 0 Å². The average Bonchev–Trinajstić information content (AvgIpc) is 3.35. The largest absolute Gasteiger partial charge is 0.395 e. The van der Waals surface area contributed by atoms with Crippen LogP contribution in [0.2, 0.25) is 0 Å². The molecule has 6 nitrogen and oxygen atoms in total. The maximum atomic E-state index is 12.7. The number of piperazine rings is 1. The van der Waals surface area contributed by atoms with Crippen molar-refractivity contribution >= 4 is 11.7 Å². The van der Waals surface area contributed by atoms with Gasteiger partial charge in [-0.05, 0) is 38.8 Å². The summed E-state index contributed by atoms with van der Waals surface area (Å²) in [4.78, 5) is 21.2. The molecule has 23 heavy (non-hydrogen) atoms. The van der Waals surface area contributed by atoms with Crippen LogP contribution in [0.4, 0.5) is 5.82 Å². The second-order valence-corrected chi connectivity index (χ2v) is 6.72. The monoisotopic (exact) mass is 318 g/mol. The summed E-state index contributed by atoms with van der Waals surface area (Å²) in [5.41, 5.74) is 0.640. The molecule has 2 fully saturated rings. The number of carbonyl (C=O) groups is 1. The first-order valence-electron chi connectivity index (χ1n) is 8.47. The predicted octanol–water partition coefficient (Wildman–Crippen LogP) is 1.18. The van der Waals surface area contributed by atoms with Crippen LogP contribution in [0.1, 0.15) is 37.0 Å². The second kappa shape index (κ2) is 6.84. The van der Waals surface area contributed by atoms with E-state index in [4.69, 9.17) is 5.11 Å². The fraction of sp³-hybridized carbons (Fsp3) is 0.647. The summed E-state index contributed by atoms with van der Waals surface area (Å²) in [6.45, 7) is 6.39. The van der Waals surface area contributed by atoms with E-state index in [-0.39, 0.29) is 24.6 Å². The number of anilines is 1. The van der Waals surface area contributed by atoms with Gasteiger partial charge in [0.05, 0.1) is 12.2 Å². The molecule has 1 saturated carbocycles. The summed E-state index contributed by atoms with van der Waals surface area (Å²) in [5, 5.41) is 12.5. The minimum atomic E-state index is 0.0396. The Balaban J connectivity index is 1.63. The number of hydrogen-bond donors (Lipinski definition) is 2. The number of pyridine rings is 1. The number of aromatic nitrogens is 1. The highest BCUT2D eigenvalue weighted by molar-refractivity contribution is 5.94. The van der Waals surface area contributed by atoms with E-state index >= 15 is 0 Å². The molecular weight excluding hydrogens is 292 g/mol. The zero-order chi connectivity index (χ0) is 16.4. The standard InChI is InChI=1S/C17H26N4O2/c1-12-10-20(11-13(2)21(12)7-8-22)17(23)14-3-6-16(18-9-14)19-15-4-5-15/h3,6,9,12-13,15,22H,4-5,7-8,10-11H2,1-2H3,(H,18,19)/t12-,13+. The summed E-state index contributed by atoms with van der Waals surface area (Å²) in [7, 11) is 0. The third-order valence-electron chi connectivity index (χ3n) is 4.69. The lowest BCUT2D eigenvalue weighted by atomic mass is 10.1. The van der Waals surface area contributed by atoms with Crippen LogP contribution in [0.3, 0.4) is 0 Å². The maximum Gasteiger partial charge on any atom is 0.255 e. The van der Waals surface area contributed by atoms with Crippen LogP contribution >= 0.6 is 0 Å². The molecule has 0 bridgehead atoms. The van der Waals surface area contributed by atoms with Gasteiger partial charge in [-0.2, -0.15) is 0 Å². The third-order valence-corrected chi connectivity index (χ3v) is 4.69. The first-order chi connectivity index (χ1) is 11.1. The normalized spacial score (nSPS) is 25.4. The molecule has 0 spiro atoms. The molecule has 1 aliphatic heterocycles. The highest BCUT2D eigenvalue weighted by Gasteiger charge is 2.31. The van der Waals surface area contributed by atoms with Crippen molar-refractivity contribution in [2.75, 3.05) is 31.6 Å². The average molecular weight is 318 g/mol. The Bertz CT molecular complexity index is 532. The number of hydrogen-bond acceptors (Lipinski definition) is 5. The number of amides is 1. The van der Waals surface area contributed by atoms with Gasteiger partial charge < -0.3 is 15.3 Å². The van der Waals surface area contributed by atoms with E-state index in [1.54, 1.807) is 6.20 Å². The Kier molecular flexibility index (Phi) is 4.82. The number of carbonyl (C=O) groups excluding carboxylic acids is 1. The third kappa shape index (κ3) is 3.82. The zero-order valence-corrected chi connectivity index (χ0v) is 13.9. The molecule has 0 radical (unpaired) electrons. The molecule has 6 heteroatoms. The van der Waals surface area contributed by atoms with Crippen molar-refractivity contribution in [3.63, 3.8) is 0 Å². The van der Waals surface area contributed by atoms with E-state index in [9.17, 15) is 4.79 Å². The number of rotatable bonds is 5. The summed E-state index contributed by atoms with van der Waals surface area (Å²) in [6.07, 6.45) is 4.08. The number of nitrogens with one attached hydrogen (secondary N) is 1. The molecule has 2 N–H and O–H groups in total. The fourth-order valence-electron chi connectivity index (χ4n) is 3.30. The van der Waals surface area contributed by atoms with Gasteiger partial charge in [0, 0.05) is 44.0 Å². The lowest BCUT2D eigenvalue weighted by Crippen LogP contribution is -2.58. The van der Waals surface area contributed by atoms with Crippen LogP contribution in [0, 0.1) is 0 Å². The van der Waals surface area contributed by atoms with Crippen molar-refractivity contribution in [1.82, 2.24) is 14.8 Å². The minimum Gasteiger partial charge on any atom is -0.395 e. The van der Waals surface area contributed by atoms with Crippen molar-refractivity contribution in [1.29, 1.82) is 0 Å². The molecule has 2 aliphatic rings. The molecule has 2 atom stereocenters. The van der Waals surface area contributed by atoms with Crippen LogP contribution in [-0.2, 0) is 0 Å². The lowest BCUT2D eigenvalue weighted by Gasteiger charge is -2.44. The number of nitrogens with zero attached hydrogens (tertiary/aromatic N) is 3. The lowest BCUT2D eigenvalue weighted by molar-refractivity contribution is 0.0236. The summed E-state index contributed by atoms with van der Waals surface area (Å²) < 4.78 is 0. The predicted molar refractivity (Wildman–Crippen MR) is 89.5 cm³/mol. The van der Waals surface area contributed by atoms with Crippen LogP contribution in [0.5, 0.6) is 0 Å². The summed E-state index contributed by atoms with van der Waals surface area (Å²) in [5.74, 6) is 0.886. The van der Waals surface area contributed by atoms with E-state index in [1.807, 2.05) is 17.0 Å². The molecule has 1 aromatic heterocycles. The first kappa shape index (κ1) is 16.2. The molecule has 1 aromatic rings. The molecular formula is C17H26N4O2. The van der Waals surface area contributed by atoms with Crippen LogP contribution < -0.4 is 5.32 Å². The van der Waals surface area contributed by atoms with E-state index in [1.165, 1.54) is 12.8 Å².